The molecule has 0 saturated carbocycles. The van der Waals surface area contributed by atoms with Crippen LogP contribution < -0.4 is 5.73 Å². The molecule has 1 rings (SSSR count). The highest BCUT2D eigenvalue weighted by atomic mass is 15.3. The van der Waals surface area contributed by atoms with E-state index < -0.39 is 0 Å². The Labute approximate surface area is 59.8 Å². The van der Waals surface area contributed by atoms with Crippen LogP contribution in [0, 0.1) is 19.3 Å². The molecule has 0 fully saturated rings. The molecule has 0 unspecified atom stereocenters. The molecule has 1 aromatic heterocycles. The molecule has 3 nitrogen and oxygen atoms in total. The maximum atomic E-state index is 5.59. The third-order valence-electron chi connectivity index (χ3n) is 1.52. The monoisotopic (exact) mass is 135 g/mol. The first-order valence-corrected chi connectivity index (χ1v) is 2.92. The normalized spacial score (nSPS) is 9.30. The van der Waals surface area contributed by atoms with E-state index in [9.17, 15) is 0 Å². The summed E-state index contributed by atoms with van der Waals surface area (Å²) in [6.07, 6.45) is 5.13. The van der Waals surface area contributed by atoms with Crippen LogP contribution in [-0.4, -0.2) is 9.78 Å². The van der Waals surface area contributed by atoms with E-state index >= 15 is 0 Å². The molecule has 0 spiro atoms. The predicted molar refractivity (Wildman–Crippen MR) is 40.3 cm³/mol. The van der Waals surface area contributed by atoms with Crippen molar-refractivity contribution in [3.05, 3.63) is 11.4 Å². The van der Waals surface area contributed by atoms with Gasteiger partial charge < -0.3 is 5.73 Å². The second kappa shape index (κ2) is 2.07. The van der Waals surface area contributed by atoms with Gasteiger partial charge in [-0.2, -0.15) is 5.10 Å². The average molecular weight is 135 g/mol. The van der Waals surface area contributed by atoms with E-state index in [1.165, 1.54) is 0 Å². The first-order chi connectivity index (χ1) is 4.66. The Balaban J connectivity index is 3.34. The Hall–Kier alpha value is -1.43. The molecular formula is C7H9N3. The van der Waals surface area contributed by atoms with Crippen molar-refractivity contribution < 1.29 is 0 Å². The molecule has 10 heavy (non-hydrogen) atoms. The fraction of sp³-hybridized carbons (Fsp3) is 0.286. The molecule has 0 aliphatic carbocycles. The molecule has 52 valence electrons. The van der Waals surface area contributed by atoms with Crippen LogP contribution in [0.5, 0.6) is 0 Å². The van der Waals surface area contributed by atoms with Crippen molar-refractivity contribution in [1.82, 2.24) is 9.78 Å². The van der Waals surface area contributed by atoms with E-state index in [2.05, 4.69) is 11.0 Å². The number of rotatable bonds is 0. The van der Waals surface area contributed by atoms with Crippen LogP contribution in [0.2, 0.25) is 0 Å². The van der Waals surface area contributed by atoms with Gasteiger partial charge in [0.1, 0.15) is 0 Å². The highest BCUT2D eigenvalue weighted by molar-refractivity contribution is 5.54. The lowest BCUT2D eigenvalue weighted by Crippen LogP contribution is -1.93. The van der Waals surface area contributed by atoms with E-state index in [4.69, 9.17) is 12.2 Å². The van der Waals surface area contributed by atoms with E-state index in [0.717, 1.165) is 5.69 Å². The van der Waals surface area contributed by atoms with Crippen molar-refractivity contribution in [3.8, 4) is 12.3 Å². The molecule has 0 amide bonds. The molecule has 1 aromatic rings. The molecule has 0 aliphatic heterocycles. The quantitative estimate of drug-likeness (QED) is 0.520. The summed E-state index contributed by atoms with van der Waals surface area (Å²) in [5, 5.41) is 3.98. The Bertz CT molecular complexity index is 291. The Morgan fingerprint density at radius 1 is 1.70 bits per heavy atom. The number of anilines is 1. The molecule has 0 atom stereocenters. The lowest BCUT2D eigenvalue weighted by Gasteiger charge is -1.90. The fourth-order valence-electron chi connectivity index (χ4n) is 0.731. The smallest absolute Gasteiger partial charge is 0.158 e. The van der Waals surface area contributed by atoms with Crippen molar-refractivity contribution in [3.63, 3.8) is 0 Å². The van der Waals surface area contributed by atoms with Gasteiger partial charge in [-0.3, -0.25) is 4.68 Å². The molecule has 0 aliphatic rings. The zero-order valence-electron chi connectivity index (χ0n) is 6.05. The third-order valence-corrected chi connectivity index (χ3v) is 1.52. The van der Waals surface area contributed by atoms with Gasteiger partial charge in [-0.25, -0.2) is 0 Å². The van der Waals surface area contributed by atoms with Crippen molar-refractivity contribution in [2.75, 3.05) is 5.73 Å². The maximum absolute atomic E-state index is 5.59. The summed E-state index contributed by atoms with van der Waals surface area (Å²) in [5.74, 6) is 2.40. The van der Waals surface area contributed by atoms with Crippen molar-refractivity contribution >= 4 is 5.69 Å². The number of terminal acetylenes is 1. The van der Waals surface area contributed by atoms with Gasteiger partial charge in [0.15, 0.2) is 5.69 Å². The summed E-state index contributed by atoms with van der Waals surface area (Å²) >= 11 is 0. The predicted octanol–water partition coefficient (Wildman–Crippen LogP) is 0.292. The van der Waals surface area contributed by atoms with Gasteiger partial charge in [-0.05, 0) is 12.8 Å². The minimum Gasteiger partial charge on any atom is -0.395 e. The van der Waals surface area contributed by atoms with Crippen LogP contribution in [0.4, 0.5) is 5.69 Å². The zero-order chi connectivity index (χ0) is 7.72. The second-order valence-electron chi connectivity index (χ2n) is 2.12. The molecule has 0 aromatic carbocycles. The lowest BCUT2D eigenvalue weighted by molar-refractivity contribution is 0.737. The molecule has 0 saturated heterocycles. The summed E-state index contributed by atoms with van der Waals surface area (Å²) in [6.45, 7) is 1.88. The number of hydrogen-bond donors (Lipinski definition) is 1. The first-order valence-electron chi connectivity index (χ1n) is 2.92. The van der Waals surface area contributed by atoms with Crippen LogP contribution in [0.15, 0.2) is 0 Å². The molecule has 0 bridgehead atoms. The van der Waals surface area contributed by atoms with Crippen molar-refractivity contribution in [2.24, 2.45) is 7.05 Å². The van der Waals surface area contributed by atoms with Gasteiger partial charge in [-0.15, -0.1) is 6.42 Å². The largest absolute Gasteiger partial charge is 0.395 e. The Morgan fingerprint density at radius 2 is 2.30 bits per heavy atom. The number of nitrogens with two attached hydrogens (primary N) is 1. The number of nitrogens with zero attached hydrogens (tertiary/aromatic N) is 2. The SMILES string of the molecule is C#Cc1nn(C)c(C)c1N. The van der Waals surface area contributed by atoms with Crippen LogP contribution in [0.1, 0.15) is 11.4 Å². The maximum Gasteiger partial charge on any atom is 0.158 e. The molecule has 1 heterocycles. The summed E-state index contributed by atoms with van der Waals surface area (Å²) in [6, 6.07) is 0. The van der Waals surface area contributed by atoms with Crippen LogP contribution in [0.25, 0.3) is 0 Å². The van der Waals surface area contributed by atoms with Gasteiger partial charge >= 0.3 is 0 Å². The van der Waals surface area contributed by atoms with Crippen LogP contribution in [0.3, 0.4) is 0 Å². The van der Waals surface area contributed by atoms with Crippen LogP contribution >= 0.6 is 0 Å². The summed E-state index contributed by atoms with van der Waals surface area (Å²) in [7, 11) is 1.81. The number of nitrogen functional groups attached to an aromatic ring is 1. The van der Waals surface area contributed by atoms with Gasteiger partial charge in [0.2, 0.25) is 0 Å². The van der Waals surface area contributed by atoms with Crippen molar-refractivity contribution in [2.45, 2.75) is 6.92 Å². The highest BCUT2D eigenvalue weighted by Gasteiger charge is 2.05. The van der Waals surface area contributed by atoms with Gasteiger partial charge in [-0.1, -0.05) is 0 Å². The summed E-state index contributed by atoms with van der Waals surface area (Å²) < 4.78 is 1.67. The average Bonchev–Trinajstić information content (AvgIpc) is 2.17. The standard InChI is InChI=1S/C7H9N3/c1-4-6-7(8)5(2)10(3)9-6/h1H,8H2,2-3H3. The minimum absolute atomic E-state index is 0.528. The number of hydrogen-bond acceptors (Lipinski definition) is 2. The Morgan fingerprint density at radius 3 is 2.50 bits per heavy atom. The molecule has 3 heteroatoms. The molecule has 0 radical (unpaired) electrons. The van der Waals surface area contributed by atoms with E-state index in [1.54, 1.807) is 4.68 Å². The highest BCUT2D eigenvalue weighted by Crippen LogP contribution is 2.12. The Kier molecular flexibility index (Phi) is 1.38. The van der Waals surface area contributed by atoms with Crippen LogP contribution in [-0.2, 0) is 7.05 Å². The topological polar surface area (TPSA) is 43.8 Å². The number of aryl methyl sites for hydroxylation is 1. The first kappa shape index (κ1) is 6.69. The zero-order valence-corrected chi connectivity index (χ0v) is 6.05. The second-order valence-corrected chi connectivity index (χ2v) is 2.12. The van der Waals surface area contributed by atoms with Gasteiger partial charge in [0.25, 0.3) is 0 Å². The minimum atomic E-state index is 0.528. The summed E-state index contributed by atoms with van der Waals surface area (Å²) in [5.41, 5.74) is 7.63. The van der Waals surface area contributed by atoms with Gasteiger partial charge in [0.05, 0.1) is 11.4 Å². The van der Waals surface area contributed by atoms with Crippen molar-refractivity contribution in [1.29, 1.82) is 0 Å². The fourth-order valence-corrected chi connectivity index (χ4v) is 0.731. The lowest BCUT2D eigenvalue weighted by atomic mass is 10.3. The van der Waals surface area contributed by atoms with E-state index in [0.29, 0.717) is 11.4 Å². The van der Waals surface area contributed by atoms with Gasteiger partial charge in [0, 0.05) is 7.05 Å². The van der Waals surface area contributed by atoms with E-state index in [-0.39, 0.29) is 0 Å². The summed E-state index contributed by atoms with van der Waals surface area (Å²) in [4.78, 5) is 0. The van der Waals surface area contributed by atoms with E-state index in [1.807, 2.05) is 14.0 Å². The third kappa shape index (κ3) is 0.742. The number of aromatic nitrogens is 2. The molecular weight excluding hydrogens is 126 g/mol. The molecule has 2 N–H and O–H groups in total.